The Morgan fingerprint density at radius 3 is 3.00 bits per heavy atom. The monoisotopic (exact) mass is 243 g/mol. The van der Waals surface area contributed by atoms with E-state index < -0.39 is 0 Å². The predicted octanol–water partition coefficient (Wildman–Crippen LogP) is 0.818. The summed E-state index contributed by atoms with van der Waals surface area (Å²) in [5.41, 5.74) is 6.13. The SMILES string of the molecule is CC[C@@H](CO)NC(=O)c1cc(Cl)ncc1N. The van der Waals surface area contributed by atoms with Crippen LogP contribution in [0.1, 0.15) is 23.7 Å². The molecule has 0 aliphatic rings. The largest absolute Gasteiger partial charge is 0.397 e. The van der Waals surface area contributed by atoms with E-state index in [4.69, 9.17) is 22.4 Å². The molecule has 1 atom stereocenters. The van der Waals surface area contributed by atoms with Gasteiger partial charge in [-0.25, -0.2) is 4.98 Å². The van der Waals surface area contributed by atoms with Crippen LogP contribution in [0.15, 0.2) is 12.3 Å². The van der Waals surface area contributed by atoms with Gasteiger partial charge < -0.3 is 16.2 Å². The lowest BCUT2D eigenvalue weighted by Crippen LogP contribution is -2.37. The molecule has 1 aromatic rings. The second-order valence-electron chi connectivity index (χ2n) is 3.36. The second-order valence-corrected chi connectivity index (χ2v) is 3.74. The van der Waals surface area contributed by atoms with Crippen molar-refractivity contribution in [3.8, 4) is 0 Å². The van der Waals surface area contributed by atoms with E-state index in [1.807, 2.05) is 6.92 Å². The zero-order valence-corrected chi connectivity index (χ0v) is 9.66. The van der Waals surface area contributed by atoms with Crippen molar-refractivity contribution in [3.63, 3.8) is 0 Å². The molecule has 1 amide bonds. The van der Waals surface area contributed by atoms with E-state index in [-0.39, 0.29) is 35.0 Å². The second kappa shape index (κ2) is 5.67. The van der Waals surface area contributed by atoms with E-state index in [0.717, 1.165) is 0 Å². The van der Waals surface area contributed by atoms with Gasteiger partial charge in [-0.1, -0.05) is 18.5 Å². The van der Waals surface area contributed by atoms with Gasteiger partial charge in [-0.2, -0.15) is 0 Å². The zero-order chi connectivity index (χ0) is 12.1. The fourth-order valence-electron chi connectivity index (χ4n) is 1.18. The maximum Gasteiger partial charge on any atom is 0.253 e. The maximum absolute atomic E-state index is 11.8. The molecule has 0 bridgehead atoms. The summed E-state index contributed by atoms with van der Waals surface area (Å²) >= 11 is 5.67. The zero-order valence-electron chi connectivity index (χ0n) is 8.90. The van der Waals surface area contributed by atoms with Crippen LogP contribution in [0, 0.1) is 0 Å². The number of aliphatic hydroxyl groups excluding tert-OH is 1. The molecule has 0 aromatic carbocycles. The lowest BCUT2D eigenvalue weighted by atomic mass is 10.2. The highest BCUT2D eigenvalue weighted by molar-refractivity contribution is 6.29. The molecule has 6 heteroatoms. The quantitative estimate of drug-likeness (QED) is 0.683. The van der Waals surface area contributed by atoms with E-state index >= 15 is 0 Å². The highest BCUT2D eigenvalue weighted by Gasteiger charge is 2.14. The third-order valence-corrected chi connectivity index (χ3v) is 2.40. The number of amides is 1. The summed E-state index contributed by atoms with van der Waals surface area (Å²) in [6.07, 6.45) is 1.97. The van der Waals surface area contributed by atoms with Crippen molar-refractivity contribution in [1.29, 1.82) is 0 Å². The van der Waals surface area contributed by atoms with Crippen LogP contribution in [-0.4, -0.2) is 28.6 Å². The van der Waals surface area contributed by atoms with Gasteiger partial charge in [-0.05, 0) is 12.5 Å². The van der Waals surface area contributed by atoms with Gasteiger partial charge in [0.25, 0.3) is 5.91 Å². The van der Waals surface area contributed by atoms with Crippen molar-refractivity contribution < 1.29 is 9.90 Å². The minimum Gasteiger partial charge on any atom is -0.397 e. The molecule has 16 heavy (non-hydrogen) atoms. The molecule has 5 nitrogen and oxygen atoms in total. The summed E-state index contributed by atoms with van der Waals surface area (Å²) in [6, 6.07) is 1.12. The fraction of sp³-hybridized carbons (Fsp3) is 0.400. The predicted molar refractivity (Wildman–Crippen MR) is 62.3 cm³/mol. The molecule has 1 heterocycles. The van der Waals surface area contributed by atoms with Gasteiger partial charge in [0, 0.05) is 0 Å². The van der Waals surface area contributed by atoms with Crippen molar-refractivity contribution in [2.75, 3.05) is 12.3 Å². The van der Waals surface area contributed by atoms with Gasteiger partial charge in [-0.3, -0.25) is 4.79 Å². The molecular weight excluding hydrogens is 230 g/mol. The third-order valence-electron chi connectivity index (χ3n) is 2.19. The Hall–Kier alpha value is -1.33. The average Bonchev–Trinajstić information content (AvgIpc) is 2.28. The number of hydrogen-bond acceptors (Lipinski definition) is 4. The molecule has 4 N–H and O–H groups in total. The first-order valence-corrected chi connectivity index (χ1v) is 5.29. The summed E-state index contributed by atoms with van der Waals surface area (Å²) in [5.74, 6) is -0.359. The molecule has 0 spiro atoms. The number of carbonyl (C=O) groups is 1. The number of nitrogens with one attached hydrogen (secondary N) is 1. The van der Waals surface area contributed by atoms with Crippen molar-refractivity contribution in [2.24, 2.45) is 0 Å². The molecular formula is C10H14ClN3O2. The van der Waals surface area contributed by atoms with Crippen molar-refractivity contribution in [1.82, 2.24) is 10.3 Å². The summed E-state index contributed by atoms with van der Waals surface area (Å²) in [6.45, 7) is 1.75. The van der Waals surface area contributed by atoms with E-state index in [9.17, 15) is 4.79 Å². The number of carbonyl (C=O) groups excluding carboxylic acids is 1. The first-order valence-electron chi connectivity index (χ1n) is 4.91. The Kier molecular flexibility index (Phi) is 4.52. The Labute approximate surface area is 98.6 Å². The molecule has 0 aliphatic carbocycles. The number of halogens is 1. The number of anilines is 1. The Balaban J connectivity index is 2.83. The maximum atomic E-state index is 11.8. The van der Waals surface area contributed by atoms with Crippen molar-refractivity contribution in [2.45, 2.75) is 19.4 Å². The van der Waals surface area contributed by atoms with Gasteiger partial charge in [0.15, 0.2) is 0 Å². The summed E-state index contributed by atoms with van der Waals surface area (Å²) in [5, 5.41) is 11.8. The number of nitrogens with zero attached hydrogens (tertiary/aromatic N) is 1. The molecule has 0 saturated heterocycles. The van der Waals surface area contributed by atoms with Crippen molar-refractivity contribution in [3.05, 3.63) is 23.0 Å². The molecule has 88 valence electrons. The van der Waals surface area contributed by atoms with Crippen LogP contribution in [0.5, 0.6) is 0 Å². The molecule has 0 saturated carbocycles. The lowest BCUT2D eigenvalue weighted by Gasteiger charge is -2.14. The van der Waals surface area contributed by atoms with Gasteiger partial charge in [-0.15, -0.1) is 0 Å². The minimum absolute atomic E-state index is 0.110. The number of aromatic nitrogens is 1. The van der Waals surface area contributed by atoms with Crippen LogP contribution in [0.3, 0.4) is 0 Å². The van der Waals surface area contributed by atoms with Gasteiger partial charge in [0.1, 0.15) is 5.15 Å². The highest BCUT2D eigenvalue weighted by atomic mass is 35.5. The normalized spacial score (nSPS) is 12.2. The Morgan fingerprint density at radius 2 is 2.44 bits per heavy atom. The van der Waals surface area contributed by atoms with Crippen LogP contribution in [-0.2, 0) is 0 Å². The van der Waals surface area contributed by atoms with E-state index in [1.165, 1.54) is 12.3 Å². The topological polar surface area (TPSA) is 88.2 Å². The average molecular weight is 244 g/mol. The standard InChI is InChI=1S/C10H14ClN3O2/c1-2-6(5-15)14-10(16)7-3-9(11)13-4-8(7)12/h3-4,6,15H,2,5,12H2,1H3,(H,14,16)/t6-/m0/s1. The number of nitrogen functional groups attached to an aromatic ring is 1. The fourth-order valence-corrected chi connectivity index (χ4v) is 1.33. The van der Waals surface area contributed by atoms with Crippen LogP contribution < -0.4 is 11.1 Å². The molecule has 1 aromatic heterocycles. The van der Waals surface area contributed by atoms with Crippen LogP contribution in [0.25, 0.3) is 0 Å². The molecule has 1 rings (SSSR count). The molecule has 0 radical (unpaired) electrons. The number of nitrogens with two attached hydrogens (primary N) is 1. The van der Waals surface area contributed by atoms with Crippen LogP contribution in [0.4, 0.5) is 5.69 Å². The smallest absolute Gasteiger partial charge is 0.253 e. The highest BCUT2D eigenvalue weighted by Crippen LogP contribution is 2.14. The third kappa shape index (κ3) is 3.08. The Morgan fingerprint density at radius 1 is 1.75 bits per heavy atom. The number of rotatable bonds is 4. The van der Waals surface area contributed by atoms with Gasteiger partial charge >= 0.3 is 0 Å². The van der Waals surface area contributed by atoms with Gasteiger partial charge in [0.2, 0.25) is 0 Å². The number of hydrogen-bond donors (Lipinski definition) is 3. The first kappa shape index (κ1) is 12.7. The van der Waals surface area contributed by atoms with Crippen LogP contribution in [0.2, 0.25) is 5.15 Å². The van der Waals surface area contributed by atoms with Crippen LogP contribution >= 0.6 is 11.6 Å². The van der Waals surface area contributed by atoms with E-state index in [0.29, 0.717) is 6.42 Å². The van der Waals surface area contributed by atoms with E-state index in [1.54, 1.807) is 0 Å². The molecule has 0 aliphatic heterocycles. The van der Waals surface area contributed by atoms with Crippen molar-refractivity contribution >= 4 is 23.2 Å². The first-order chi connectivity index (χ1) is 7.58. The molecule has 0 fully saturated rings. The minimum atomic E-state index is -0.359. The summed E-state index contributed by atoms with van der Waals surface area (Å²) in [7, 11) is 0. The Bertz CT molecular complexity index is 380. The number of pyridine rings is 1. The molecule has 0 unspecified atom stereocenters. The number of aliphatic hydroxyl groups is 1. The van der Waals surface area contributed by atoms with Gasteiger partial charge in [0.05, 0.1) is 30.1 Å². The summed E-state index contributed by atoms with van der Waals surface area (Å²) in [4.78, 5) is 15.5. The summed E-state index contributed by atoms with van der Waals surface area (Å²) < 4.78 is 0. The van der Waals surface area contributed by atoms with E-state index in [2.05, 4.69) is 10.3 Å². The lowest BCUT2D eigenvalue weighted by molar-refractivity contribution is 0.0916.